The smallest absolute Gasteiger partial charge is 0.305 e. The fraction of sp³-hybridized carbons (Fsp3) is 0.750. The lowest BCUT2D eigenvalue weighted by molar-refractivity contribution is -0.136. The molecule has 1 fully saturated rings. The Balaban J connectivity index is 2.16. The summed E-state index contributed by atoms with van der Waals surface area (Å²) in [5, 5.41) is 11.0. The van der Waals surface area contributed by atoms with E-state index in [0.717, 1.165) is 18.6 Å². The zero-order valence-corrected chi connectivity index (χ0v) is 9.33. The van der Waals surface area contributed by atoms with E-state index in [-0.39, 0.29) is 24.1 Å². The largest absolute Gasteiger partial charge is 0.481 e. The van der Waals surface area contributed by atoms with Crippen LogP contribution in [0.5, 0.6) is 0 Å². The molecule has 4 nitrogen and oxygen atoms in total. The Labute approximate surface area is 90.6 Å². The van der Waals surface area contributed by atoms with Crippen LogP contribution >= 0.6 is 21.6 Å². The monoisotopic (exact) mass is 235 g/mol. The lowest BCUT2D eigenvalue weighted by Gasteiger charge is -2.19. The van der Waals surface area contributed by atoms with Gasteiger partial charge in [-0.3, -0.25) is 9.59 Å². The highest BCUT2D eigenvalue weighted by Gasteiger charge is 2.21. The maximum atomic E-state index is 11.4. The predicted molar refractivity (Wildman–Crippen MR) is 58.3 cm³/mol. The molecule has 6 heteroatoms. The van der Waals surface area contributed by atoms with Gasteiger partial charge in [-0.2, -0.15) is 0 Å². The van der Waals surface area contributed by atoms with Crippen LogP contribution in [0, 0.1) is 0 Å². The fourth-order valence-electron chi connectivity index (χ4n) is 1.09. The SMILES string of the molecule is O=C(O)CCNC(=O)C1CCCSS1. The van der Waals surface area contributed by atoms with Crippen LogP contribution in [-0.2, 0) is 9.59 Å². The lowest BCUT2D eigenvalue weighted by Crippen LogP contribution is -2.34. The summed E-state index contributed by atoms with van der Waals surface area (Å²) >= 11 is 0. The Bertz CT molecular complexity index is 217. The van der Waals surface area contributed by atoms with Crippen molar-refractivity contribution in [2.45, 2.75) is 24.5 Å². The summed E-state index contributed by atoms with van der Waals surface area (Å²) in [6, 6.07) is 0. The first-order chi connectivity index (χ1) is 6.70. The van der Waals surface area contributed by atoms with Gasteiger partial charge in [0.1, 0.15) is 0 Å². The molecule has 0 aromatic rings. The number of nitrogens with one attached hydrogen (secondary N) is 1. The quantitative estimate of drug-likeness (QED) is 0.715. The van der Waals surface area contributed by atoms with E-state index in [1.165, 1.54) is 0 Å². The number of carboxylic acid groups (broad SMARTS) is 1. The molecule has 0 bridgehead atoms. The van der Waals surface area contributed by atoms with Crippen molar-refractivity contribution in [3.8, 4) is 0 Å². The molecule has 1 amide bonds. The first-order valence-electron chi connectivity index (χ1n) is 4.48. The molecule has 0 aliphatic carbocycles. The van der Waals surface area contributed by atoms with Crippen molar-refractivity contribution in [2.24, 2.45) is 0 Å². The minimum absolute atomic E-state index is 0.00236. The molecule has 1 rings (SSSR count). The van der Waals surface area contributed by atoms with Gasteiger partial charge in [-0.15, -0.1) is 0 Å². The third-order valence-electron chi connectivity index (χ3n) is 1.81. The Morgan fingerprint density at radius 1 is 1.50 bits per heavy atom. The van der Waals surface area contributed by atoms with E-state index in [9.17, 15) is 9.59 Å². The number of rotatable bonds is 4. The Morgan fingerprint density at radius 2 is 2.29 bits per heavy atom. The van der Waals surface area contributed by atoms with Gasteiger partial charge in [0.05, 0.1) is 11.7 Å². The molecular formula is C8H13NO3S2. The summed E-state index contributed by atoms with van der Waals surface area (Å²) < 4.78 is 0. The second-order valence-corrected chi connectivity index (χ2v) is 5.67. The van der Waals surface area contributed by atoms with Gasteiger partial charge in [0, 0.05) is 12.3 Å². The van der Waals surface area contributed by atoms with Crippen LogP contribution in [0.3, 0.4) is 0 Å². The maximum absolute atomic E-state index is 11.4. The molecule has 1 atom stereocenters. The van der Waals surface area contributed by atoms with Crippen LogP contribution in [0.4, 0.5) is 0 Å². The molecular weight excluding hydrogens is 222 g/mol. The van der Waals surface area contributed by atoms with Gasteiger partial charge in [-0.25, -0.2) is 0 Å². The van der Waals surface area contributed by atoms with Crippen LogP contribution in [-0.4, -0.2) is 34.5 Å². The van der Waals surface area contributed by atoms with Crippen molar-refractivity contribution < 1.29 is 14.7 Å². The van der Waals surface area contributed by atoms with Gasteiger partial charge in [0.15, 0.2) is 0 Å². The predicted octanol–water partition coefficient (Wildman–Crippen LogP) is 1.12. The van der Waals surface area contributed by atoms with E-state index in [0.29, 0.717) is 0 Å². The normalized spacial score (nSPS) is 21.6. The van der Waals surface area contributed by atoms with Crippen molar-refractivity contribution in [2.75, 3.05) is 12.3 Å². The Kier molecular flexibility index (Phi) is 5.17. The van der Waals surface area contributed by atoms with E-state index in [2.05, 4.69) is 5.32 Å². The van der Waals surface area contributed by atoms with Crippen LogP contribution < -0.4 is 5.32 Å². The molecule has 80 valence electrons. The molecule has 1 unspecified atom stereocenters. The number of aliphatic carboxylic acids is 1. The summed E-state index contributed by atoms with van der Waals surface area (Å²) in [6.45, 7) is 0.232. The highest BCUT2D eigenvalue weighted by molar-refractivity contribution is 8.77. The van der Waals surface area contributed by atoms with Gasteiger partial charge in [0.2, 0.25) is 5.91 Å². The van der Waals surface area contributed by atoms with E-state index in [1.54, 1.807) is 21.6 Å². The van der Waals surface area contributed by atoms with E-state index >= 15 is 0 Å². The van der Waals surface area contributed by atoms with Crippen LogP contribution in [0.2, 0.25) is 0 Å². The zero-order valence-electron chi connectivity index (χ0n) is 7.69. The molecule has 0 radical (unpaired) electrons. The summed E-state index contributed by atoms with van der Waals surface area (Å²) in [4.78, 5) is 21.6. The average molecular weight is 235 g/mol. The van der Waals surface area contributed by atoms with Crippen LogP contribution in [0.15, 0.2) is 0 Å². The summed E-state index contributed by atoms with van der Waals surface area (Å²) in [5.74, 6) is 0.197. The number of hydrogen-bond acceptors (Lipinski definition) is 4. The second-order valence-electron chi connectivity index (χ2n) is 2.98. The molecule has 0 saturated carbocycles. The summed E-state index contributed by atoms with van der Waals surface area (Å²) in [6.07, 6.45) is 1.96. The molecule has 14 heavy (non-hydrogen) atoms. The van der Waals surface area contributed by atoms with Gasteiger partial charge in [0.25, 0.3) is 0 Å². The lowest BCUT2D eigenvalue weighted by atomic mass is 10.2. The van der Waals surface area contributed by atoms with Crippen molar-refractivity contribution in [3.05, 3.63) is 0 Å². The Morgan fingerprint density at radius 3 is 2.86 bits per heavy atom. The topological polar surface area (TPSA) is 66.4 Å². The van der Waals surface area contributed by atoms with E-state index < -0.39 is 5.97 Å². The molecule has 1 saturated heterocycles. The number of carbonyl (C=O) groups is 2. The molecule has 1 aliphatic heterocycles. The number of amides is 1. The van der Waals surface area contributed by atoms with Crippen LogP contribution in [0.1, 0.15) is 19.3 Å². The van der Waals surface area contributed by atoms with Gasteiger partial charge in [-0.1, -0.05) is 21.6 Å². The van der Waals surface area contributed by atoms with Gasteiger partial charge >= 0.3 is 5.97 Å². The minimum atomic E-state index is -0.879. The van der Waals surface area contributed by atoms with Crippen molar-refractivity contribution >= 4 is 33.5 Å². The average Bonchev–Trinajstić information content (AvgIpc) is 2.18. The zero-order chi connectivity index (χ0) is 10.4. The molecule has 1 heterocycles. The van der Waals surface area contributed by atoms with Crippen molar-refractivity contribution in [1.82, 2.24) is 5.32 Å². The number of carbonyl (C=O) groups excluding carboxylic acids is 1. The fourth-order valence-corrected chi connectivity index (χ4v) is 3.75. The minimum Gasteiger partial charge on any atom is -0.481 e. The second kappa shape index (κ2) is 6.19. The van der Waals surface area contributed by atoms with Gasteiger partial charge < -0.3 is 10.4 Å². The first kappa shape index (κ1) is 11.7. The molecule has 0 aromatic heterocycles. The third kappa shape index (κ3) is 4.23. The highest BCUT2D eigenvalue weighted by Crippen LogP contribution is 2.35. The summed E-state index contributed by atoms with van der Waals surface area (Å²) in [7, 11) is 3.30. The Hall–Kier alpha value is -0.360. The van der Waals surface area contributed by atoms with Crippen molar-refractivity contribution in [3.63, 3.8) is 0 Å². The molecule has 2 N–H and O–H groups in total. The van der Waals surface area contributed by atoms with Gasteiger partial charge in [-0.05, 0) is 12.8 Å². The highest BCUT2D eigenvalue weighted by atomic mass is 33.1. The first-order valence-corrected chi connectivity index (χ1v) is 6.86. The van der Waals surface area contributed by atoms with E-state index in [4.69, 9.17) is 5.11 Å². The molecule has 0 spiro atoms. The standard InChI is InChI=1S/C8H13NO3S2/c10-7(11)3-4-9-8(12)6-2-1-5-13-14-6/h6H,1-5H2,(H,9,12)(H,10,11). The summed E-state index contributed by atoms with van der Waals surface area (Å²) in [5.41, 5.74) is 0. The number of hydrogen-bond donors (Lipinski definition) is 2. The maximum Gasteiger partial charge on any atom is 0.305 e. The molecule has 1 aliphatic rings. The van der Waals surface area contributed by atoms with Crippen molar-refractivity contribution in [1.29, 1.82) is 0 Å². The third-order valence-corrected chi connectivity index (χ3v) is 4.69. The van der Waals surface area contributed by atoms with E-state index in [1.807, 2.05) is 0 Å². The van der Waals surface area contributed by atoms with Crippen LogP contribution in [0.25, 0.3) is 0 Å². The molecule has 0 aromatic carbocycles. The number of carboxylic acids is 1.